The second-order valence-electron chi connectivity index (χ2n) is 12.1. The van der Waals surface area contributed by atoms with Crippen molar-refractivity contribution in [2.24, 2.45) is 5.73 Å². The molecule has 0 atom stereocenters. The smallest absolute Gasteiger partial charge is 0.315 e. The van der Waals surface area contributed by atoms with E-state index in [2.05, 4.69) is 0 Å². The van der Waals surface area contributed by atoms with Gasteiger partial charge in [0.05, 0.1) is 26.2 Å². The van der Waals surface area contributed by atoms with Crippen molar-refractivity contribution in [3.63, 3.8) is 0 Å². The van der Waals surface area contributed by atoms with Crippen LogP contribution in [0.3, 0.4) is 0 Å². The second-order valence-corrected chi connectivity index (χ2v) is 12.1. The van der Waals surface area contributed by atoms with Crippen molar-refractivity contribution in [3.8, 4) is 0 Å². The van der Waals surface area contributed by atoms with Gasteiger partial charge < -0.3 is 20.9 Å². The molecule has 0 aliphatic carbocycles. The predicted octanol–water partition coefficient (Wildman–Crippen LogP) is 7.30. The highest BCUT2D eigenvalue weighted by atomic mass is 19.3. The number of hydrogen-bond acceptors (Lipinski definition) is 6. The van der Waals surface area contributed by atoms with Crippen LogP contribution in [0.2, 0.25) is 0 Å². The van der Waals surface area contributed by atoms with Gasteiger partial charge in [-0.15, -0.1) is 0 Å². The molecule has 4 aromatic rings. The number of carbonyl (C=O) groups is 5. The molecule has 3 amide bonds. The normalized spacial score (nSPS) is 10.7. The molecule has 292 valence electrons. The quantitative estimate of drug-likeness (QED) is 0.0909. The van der Waals surface area contributed by atoms with E-state index in [1.165, 1.54) is 70.5 Å². The molecule has 0 radical (unpaired) electrons. The minimum atomic E-state index is -3.26. The Kier molecular flexibility index (Phi) is 16.8. The fourth-order valence-electron chi connectivity index (χ4n) is 5.14. The molecule has 0 fully saturated rings. The highest BCUT2D eigenvalue weighted by molar-refractivity contribution is 6.00. The summed E-state index contributed by atoms with van der Waals surface area (Å²) < 4.78 is 80.4. The van der Waals surface area contributed by atoms with Crippen molar-refractivity contribution in [2.75, 3.05) is 22.9 Å². The third-order valence-corrected chi connectivity index (χ3v) is 7.98. The molecule has 55 heavy (non-hydrogen) atoms. The molecule has 4 rings (SSSR count). The van der Waals surface area contributed by atoms with Gasteiger partial charge in [-0.3, -0.25) is 24.0 Å². The van der Waals surface area contributed by atoms with Crippen LogP contribution in [-0.2, 0) is 27.5 Å². The summed E-state index contributed by atoms with van der Waals surface area (Å²) >= 11 is 0. The first kappa shape index (κ1) is 43.6. The number of halogens is 6. The van der Waals surface area contributed by atoms with E-state index in [1.807, 2.05) is 6.92 Å². The Bertz CT molecular complexity index is 1990. The van der Waals surface area contributed by atoms with E-state index in [0.29, 0.717) is 18.5 Å². The van der Waals surface area contributed by atoms with Crippen LogP contribution < -0.4 is 20.9 Å². The van der Waals surface area contributed by atoms with Crippen LogP contribution in [0.4, 0.5) is 37.7 Å². The Labute approximate surface area is 314 Å². The molecule has 0 unspecified atom stereocenters. The van der Waals surface area contributed by atoms with Gasteiger partial charge in [0.2, 0.25) is 11.8 Å². The van der Waals surface area contributed by atoms with E-state index < -0.39 is 47.9 Å². The van der Waals surface area contributed by atoms with Gasteiger partial charge in [0.15, 0.2) is 11.6 Å². The van der Waals surface area contributed by atoms with Gasteiger partial charge in [0.1, 0.15) is 23.3 Å². The van der Waals surface area contributed by atoms with Gasteiger partial charge >= 0.3 is 6.43 Å². The highest BCUT2D eigenvalue weighted by Gasteiger charge is 2.21. The van der Waals surface area contributed by atoms with Gasteiger partial charge in [-0.2, -0.15) is 8.78 Å². The number of ketones is 2. The summed E-state index contributed by atoms with van der Waals surface area (Å²) in [4.78, 5) is 61.8. The number of Topliss-reactive ketones (excluding diaryl/α,β-unsaturated/α-hetero) is 2. The van der Waals surface area contributed by atoms with Crippen LogP contribution in [0.25, 0.3) is 0 Å². The molecule has 0 heterocycles. The summed E-state index contributed by atoms with van der Waals surface area (Å²) in [5.74, 6) is -5.69. The summed E-state index contributed by atoms with van der Waals surface area (Å²) in [5.41, 5.74) is 6.28. The largest absolute Gasteiger partial charge is 0.344 e. The monoisotopic (exact) mass is 770 g/mol. The van der Waals surface area contributed by atoms with Crippen molar-refractivity contribution in [2.45, 2.75) is 59.0 Å². The number of amides is 3. The zero-order chi connectivity index (χ0) is 40.7. The molecule has 0 spiro atoms. The lowest BCUT2D eigenvalue weighted by atomic mass is 10.1. The Morgan fingerprint density at radius 1 is 0.636 bits per heavy atom. The summed E-state index contributed by atoms with van der Waals surface area (Å²) in [7, 11) is 0. The first-order chi connectivity index (χ1) is 26.2. The van der Waals surface area contributed by atoms with Gasteiger partial charge in [0.25, 0.3) is 5.91 Å². The van der Waals surface area contributed by atoms with E-state index in [1.54, 1.807) is 18.3 Å². The van der Waals surface area contributed by atoms with E-state index >= 15 is 0 Å². The maximum atomic E-state index is 14.6. The van der Waals surface area contributed by atoms with E-state index in [-0.39, 0.29) is 78.0 Å². The Balaban J connectivity index is 0.000000300. The van der Waals surface area contributed by atoms with Crippen molar-refractivity contribution in [1.82, 2.24) is 5.32 Å². The number of alkyl halides is 2. The van der Waals surface area contributed by atoms with Crippen LogP contribution in [0.5, 0.6) is 0 Å². The zero-order valence-electron chi connectivity index (χ0n) is 30.1. The molecule has 9 nitrogen and oxygen atoms in total. The summed E-state index contributed by atoms with van der Waals surface area (Å²) in [6.45, 7) is 2.51. The van der Waals surface area contributed by atoms with Gasteiger partial charge in [0, 0.05) is 46.5 Å². The van der Waals surface area contributed by atoms with Crippen molar-refractivity contribution in [1.29, 1.82) is 0 Å². The van der Waals surface area contributed by atoms with Crippen LogP contribution in [0.15, 0.2) is 84.9 Å². The lowest BCUT2D eigenvalue weighted by molar-refractivity contribution is -0.131. The molecule has 4 aromatic carbocycles. The number of nitrogens with two attached hydrogens (primary N) is 1. The first-order valence-electron chi connectivity index (χ1n) is 17.2. The van der Waals surface area contributed by atoms with Crippen LogP contribution in [0, 0.1) is 23.3 Å². The lowest BCUT2D eigenvalue weighted by Gasteiger charge is -2.23. The fourth-order valence-corrected chi connectivity index (χ4v) is 5.14. The number of benzene rings is 4. The third-order valence-electron chi connectivity index (χ3n) is 7.98. The van der Waals surface area contributed by atoms with Crippen molar-refractivity contribution < 1.29 is 50.3 Å². The predicted molar refractivity (Wildman–Crippen MR) is 195 cm³/mol. The maximum Gasteiger partial charge on any atom is 0.315 e. The van der Waals surface area contributed by atoms with E-state index in [9.17, 15) is 50.3 Å². The average Bonchev–Trinajstić information content (AvgIpc) is 3.15. The Hall–Kier alpha value is -5.83. The standard InChI is InChI=1S/C21H20F4N2O3.C19H20F2N2O2/c1-2-4-19(29)27(16-6-3-5-15(22)10-16)12-14-8-7-13(9-17(14)23)18(28)11-26-21(30)20(24)25;1-2-4-19(25)23(16-6-3-5-15(20)10-16)12-14-8-7-13(9-17(14)21)18(24)11-22/h3,5-10,20H,2,4,11-12H2,1H3,(H,26,30);3,5-10H,2,4,11-12,22H2,1H3. The van der Waals surface area contributed by atoms with Gasteiger partial charge in [-0.05, 0) is 61.4 Å². The topological polar surface area (TPSA) is 130 Å². The molecular weight excluding hydrogens is 730 g/mol. The fraction of sp³-hybridized carbons (Fsp3) is 0.275. The SMILES string of the molecule is CCCC(=O)N(Cc1ccc(C(=O)CN)cc1F)c1cccc(F)c1.CCCC(=O)N(Cc1ccc(C(=O)CNC(=O)C(F)F)cc1F)c1cccc(F)c1. The molecule has 0 aliphatic rings. The zero-order valence-corrected chi connectivity index (χ0v) is 30.1. The molecule has 0 saturated heterocycles. The maximum absolute atomic E-state index is 14.6. The van der Waals surface area contributed by atoms with Gasteiger partial charge in [-0.1, -0.05) is 50.2 Å². The van der Waals surface area contributed by atoms with E-state index in [4.69, 9.17) is 5.73 Å². The molecular formula is C40H40F6N4O5. The number of rotatable bonds is 16. The van der Waals surface area contributed by atoms with Crippen LogP contribution in [-0.4, -0.2) is 48.8 Å². The Morgan fingerprint density at radius 2 is 1.07 bits per heavy atom. The highest BCUT2D eigenvalue weighted by Crippen LogP contribution is 2.24. The molecule has 0 bridgehead atoms. The summed E-state index contributed by atoms with van der Waals surface area (Å²) in [6, 6.07) is 18.4. The second kappa shape index (κ2) is 21.2. The number of nitrogens with one attached hydrogen (secondary N) is 1. The lowest BCUT2D eigenvalue weighted by Crippen LogP contribution is -2.34. The Morgan fingerprint density at radius 3 is 1.44 bits per heavy atom. The minimum absolute atomic E-state index is 0.0504. The number of anilines is 2. The summed E-state index contributed by atoms with van der Waals surface area (Å²) in [5, 5.41) is 1.75. The average molecular weight is 771 g/mol. The van der Waals surface area contributed by atoms with E-state index in [0.717, 1.165) is 18.2 Å². The van der Waals surface area contributed by atoms with Crippen LogP contribution in [0.1, 0.15) is 71.4 Å². The number of carbonyl (C=O) groups excluding carboxylic acids is 5. The number of nitrogens with zero attached hydrogens (tertiary/aromatic N) is 2. The van der Waals surface area contributed by atoms with Crippen LogP contribution >= 0.6 is 0 Å². The van der Waals surface area contributed by atoms with Gasteiger partial charge in [-0.25, -0.2) is 17.6 Å². The van der Waals surface area contributed by atoms with Crippen molar-refractivity contribution >= 4 is 40.7 Å². The van der Waals surface area contributed by atoms with Crippen molar-refractivity contribution in [3.05, 3.63) is 130 Å². The molecule has 0 aliphatic heterocycles. The molecule has 15 heteroatoms. The summed E-state index contributed by atoms with van der Waals surface area (Å²) in [6.07, 6.45) is -1.64. The first-order valence-corrected chi connectivity index (χ1v) is 17.2. The minimum Gasteiger partial charge on any atom is -0.344 e. The number of hydrogen-bond donors (Lipinski definition) is 2. The molecule has 3 N–H and O–H groups in total. The third kappa shape index (κ3) is 12.9. The molecule has 0 aromatic heterocycles. The molecule has 0 saturated carbocycles.